The number of nitrogens with zero attached hydrogens (tertiary/aromatic N) is 1. The number of hydrogen-bond acceptors (Lipinski definition) is 3. The highest BCUT2D eigenvalue weighted by Crippen LogP contribution is 2.39. The van der Waals surface area contributed by atoms with E-state index in [1.165, 1.54) is 0 Å². The van der Waals surface area contributed by atoms with Crippen LogP contribution in [0.3, 0.4) is 0 Å². The van der Waals surface area contributed by atoms with E-state index in [1.54, 1.807) is 23.7 Å². The van der Waals surface area contributed by atoms with E-state index >= 15 is 0 Å². The first kappa shape index (κ1) is 12.8. The summed E-state index contributed by atoms with van der Waals surface area (Å²) < 4.78 is -0.277. The molecule has 0 aromatic carbocycles. The standard InChI is InChI=1S/C11H21NO2S/c1-10(2,8-13)12(4)9(14)11(3)6-5-7-15-11/h13H,5-8H2,1-4H3. The topological polar surface area (TPSA) is 40.5 Å². The first-order valence-electron chi connectivity index (χ1n) is 5.36. The molecule has 0 aromatic heterocycles. The molecule has 1 atom stereocenters. The molecule has 1 aliphatic rings. The van der Waals surface area contributed by atoms with E-state index in [2.05, 4.69) is 0 Å². The highest BCUT2D eigenvalue weighted by atomic mass is 32.2. The van der Waals surface area contributed by atoms with Crippen LogP contribution in [-0.4, -0.2) is 45.6 Å². The lowest BCUT2D eigenvalue weighted by Gasteiger charge is -2.38. The predicted octanol–water partition coefficient (Wildman–Crippen LogP) is 1.50. The van der Waals surface area contributed by atoms with E-state index < -0.39 is 5.54 Å². The van der Waals surface area contributed by atoms with Crippen molar-refractivity contribution >= 4 is 17.7 Å². The van der Waals surface area contributed by atoms with Crippen LogP contribution in [0.25, 0.3) is 0 Å². The fourth-order valence-corrected chi connectivity index (χ4v) is 2.97. The minimum atomic E-state index is -0.469. The maximum atomic E-state index is 12.3. The van der Waals surface area contributed by atoms with Crippen molar-refractivity contribution in [2.75, 3.05) is 19.4 Å². The Kier molecular flexibility index (Phi) is 3.71. The second kappa shape index (κ2) is 4.34. The SMILES string of the molecule is CN(C(=O)C1(C)CCCS1)C(C)(C)CO. The van der Waals surface area contributed by atoms with Crippen molar-refractivity contribution in [2.24, 2.45) is 0 Å². The lowest BCUT2D eigenvalue weighted by atomic mass is 9.99. The van der Waals surface area contributed by atoms with Gasteiger partial charge in [-0.3, -0.25) is 4.79 Å². The van der Waals surface area contributed by atoms with E-state index in [9.17, 15) is 9.90 Å². The molecule has 0 aromatic rings. The number of carbonyl (C=O) groups is 1. The largest absolute Gasteiger partial charge is 0.394 e. The molecular formula is C11H21NO2S. The van der Waals surface area contributed by atoms with Gasteiger partial charge in [0.15, 0.2) is 0 Å². The van der Waals surface area contributed by atoms with Crippen molar-refractivity contribution in [1.29, 1.82) is 0 Å². The Morgan fingerprint density at radius 1 is 1.60 bits per heavy atom. The van der Waals surface area contributed by atoms with Crippen LogP contribution in [0.15, 0.2) is 0 Å². The number of likely N-dealkylation sites (N-methyl/N-ethyl adjacent to an activating group) is 1. The van der Waals surface area contributed by atoms with Gasteiger partial charge in [0.05, 0.1) is 16.9 Å². The summed E-state index contributed by atoms with van der Waals surface area (Å²) >= 11 is 1.73. The van der Waals surface area contributed by atoms with E-state index in [0.29, 0.717) is 0 Å². The summed E-state index contributed by atoms with van der Waals surface area (Å²) in [6, 6.07) is 0. The second-order valence-electron chi connectivity index (χ2n) is 5.02. The highest BCUT2D eigenvalue weighted by molar-refractivity contribution is 8.01. The lowest BCUT2D eigenvalue weighted by molar-refractivity contribution is -0.138. The molecule has 1 rings (SSSR count). The molecule has 1 N–H and O–H groups in total. The van der Waals surface area contributed by atoms with Gasteiger partial charge in [0, 0.05) is 7.05 Å². The van der Waals surface area contributed by atoms with Crippen molar-refractivity contribution in [1.82, 2.24) is 4.90 Å². The van der Waals surface area contributed by atoms with Crippen molar-refractivity contribution in [3.8, 4) is 0 Å². The van der Waals surface area contributed by atoms with E-state index in [-0.39, 0.29) is 17.3 Å². The Labute approximate surface area is 96.2 Å². The van der Waals surface area contributed by atoms with Crippen LogP contribution in [0.2, 0.25) is 0 Å². The van der Waals surface area contributed by atoms with Crippen LogP contribution in [0.4, 0.5) is 0 Å². The van der Waals surface area contributed by atoms with Crippen molar-refractivity contribution < 1.29 is 9.90 Å². The summed E-state index contributed by atoms with van der Waals surface area (Å²) in [5, 5.41) is 9.24. The third kappa shape index (κ3) is 2.48. The van der Waals surface area contributed by atoms with Crippen LogP contribution in [0, 0.1) is 0 Å². The molecule has 0 radical (unpaired) electrons. The first-order valence-corrected chi connectivity index (χ1v) is 6.35. The molecule has 1 fully saturated rings. The van der Waals surface area contributed by atoms with Crippen molar-refractivity contribution in [2.45, 2.75) is 43.9 Å². The summed E-state index contributed by atoms with van der Waals surface area (Å²) in [4.78, 5) is 14.0. The summed E-state index contributed by atoms with van der Waals surface area (Å²) in [5.74, 6) is 1.21. The van der Waals surface area contributed by atoms with Crippen LogP contribution in [0.1, 0.15) is 33.6 Å². The maximum absolute atomic E-state index is 12.3. The molecule has 0 aliphatic carbocycles. The van der Waals surface area contributed by atoms with Gasteiger partial charge in [-0.2, -0.15) is 0 Å². The molecular weight excluding hydrogens is 210 g/mol. The van der Waals surface area contributed by atoms with Crippen LogP contribution in [0.5, 0.6) is 0 Å². The first-order chi connectivity index (χ1) is 6.83. The molecule has 4 heteroatoms. The van der Waals surface area contributed by atoms with Crippen LogP contribution < -0.4 is 0 Å². The zero-order valence-corrected chi connectivity index (χ0v) is 10.9. The van der Waals surface area contributed by atoms with Gasteiger partial charge in [-0.05, 0) is 39.4 Å². The fourth-order valence-electron chi connectivity index (χ4n) is 1.68. The summed E-state index contributed by atoms with van der Waals surface area (Å²) in [6.45, 7) is 5.77. The number of aliphatic hydroxyl groups excluding tert-OH is 1. The normalized spacial score (nSPS) is 26.7. The van der Waals surface area contributed by atoms with Gasteiger partial charge < -0.3 is 10.0 Å². The Balaban J connectivity index is 2.76. The van der Waals surface area contributed by atoms with E-state index in [1.807, 2.05) is 20.8 Å². The Bertz CT molecular complexity index is 247. The Morgan fingerprint density at radius 3 is 2.60 bits per heavy atom. The average molecular weight is 231 g/mol. The van der Waals surface area contributed by atoms with Crippen LogP contribution in [-0.2, 0) is 4.79 Å². The van der Waals surface area contributed by atoms with Gasteiger partial charge in [0.2, 0.25) is 5.91 Å². The van der Waals surface area contributed by atoms with Gasteiger partial charge in [-0.25, -0.2) is 0 Å². The zero-order chi connectivity index (χ0) is 11.7. The van der Waals surface area contributed by atoms with Gasteiger partial charge >= 0.3 is 0 Å². The molecule has 1 heterocycles. The number of carbonyl (C=O) groups excluding carboxylic acids is 1. The van der Waals surface area contributed by atoms with Gasteiger partial charge in [0.1, 0.15) is 0 Å². The average Bonchev–Trinajstić information content (AvgIpc) is 2.64. The quantitative estimate of drug-likeness (QED) is 0.800. The monoisotopic (exact) mass is 231 g/mol. The molecule has 1 aliphatic heterocycles. The predicted molar refractivity (Wildman–Crippen MR) is 64.0 cm³/mol. The molecule has 1 saturated heterocycles. The lowest BCUT2D eigenvalue weighted by Crippen LogP contribution is -2.53. The third-order valence-corrected chi connectivity index (χ3v) is 4.78. The van der Waals surface area contributed by atoms with Gasteiger partial charge in [0.25, 0.3) is 0 Å². The molecule has 0 spiro atoms. The van der Waals surface area contributed by atoms with E-state index in [4.69, 9.17) is 0 Å². The molecule has 1 unspecified atom stereocenters. The number of rotatable bonds is 3. The molecule has 88 valence electrons. The van der Waals surface area contributed by atoms with Gasteiger partial charge in [-0.15, -0.1) is 11.8 Å². The fraction of sp³-hybridized carbons (Fsp3) is 0.909. The van der Waals surface area contributed by atoms with Gasteiger partial charge in [-0.1, -0.05) is 0 Å². The maximum Gasteiger partial charge on any atom is 0.238 e. The van der Waals surface area contributed by atoms with Crippen molar-refractivity contribution in [3.63, 3.8) is 0 Å². The number of hydrogen-bond donors (Lipinski definition) is 1. The minimum Gasteiger partial charge on any atom is -0.394 e. The highest BCUT2D eigenvalue weighted by Gasteiger charge is 2.42. The second-order valence-corrected chi connectivity index (χ2v) is 6.62. The van der Waals surface area contributed by atoms with Crippen LogP contribution >= 0.6 is 11.8 Å². The molecule has 0 saturated carbocycles. The smallest absolute Gasteiger partial charge is 0.238 e. The number of thioether (sulfide) groups is 1. The van der Waals surface area contributed by atoms with Crippen molar-refractivity contribution in [3.05, 3.63) is 0 Å². The Hall–Kier alpha value is -0.220. The molecule has 15 heavy (non-hydrogen) atoms. The molecule has 3 nitrogen and oxygen atoms in total. The Morgan fingerprint density at radius 2 is 2.20 bits per heavy atom. The minimum absolute atomic E-state index is 0.00398. The van der Waals surface area contributed by atoms with E-state index in [0.717, 1.165) is 18.6 Å². The zero-order valence-electron chi connectivity index (χ0n) is 10.0. The molecule has 1 amide bonds. The molecule has 0 bridgehead atoms. The summed E-state index contributed by atoms with van der Waals surface area (Å²) in [5.41, 5.74) is -0.469. The summed E-state index contributed by atoms with van der Waals surface area (Å²) in [7, 11) is 1.78. The number of amides is 1. The summed E-state index contributed by atoms with van der Waals surface area (Å²) in [6.07, 6.45) is 2.06. The number of aliphatic hydroxyl groups is 1. The third-order valence-electron chi connectivity index (χ3n) is 3.27.